The lowest BCUT2D eigenvalue weighted by atomic mass is 10.1. The van der Waals surface area contributed by atoms with Crippen LogP contribution in [-0.2, 0) is 9.53 Å². The van der Waals surface area contributed by atoms with Crippen LogP contribution in [-0.4, -0.2) is 17.7 Å². The van der Waals surface area contributed by atoms with Gasteiger partial charge in [0.1, 0.15) is 0 Å². The molecule has 0 unspecified atom stereocenters. The number of aromatic hydroxyl groups is 1. The molecule has 4 heteroatoms. The number of phenolic OH excluding ortho intramolecular Hbond substituents is 1. The number of benzene rings is 1. The molecule has 0 spiro atoms. The molecule has 1 aromatic rings. The molecule has 0 aromatic heterocycles. The van der Waals surface area contributed by atoms with Crippen LogP contribution in [0.15, 0.2) is 24.3 Å². The first kappa shape index (κ1) is 12.2. The Hall–Kier alpha value is -1.84. The molecule has 0 fully saturated rings. The molecule has 3 nitrogen and oxygen atoms in total. The summed E-state index contributed by atoms with van der Waals surface area (Å²) < 4.78 is 17.6. The normalized spacial score (nSPS) is 10.6. The Morgan fingerprint density at radius 2 is 2.31 bits per heavy atom. The van der Waals surface area contributed by atoms with Gasteiger partial charge in [-0.05, 0) is 13.0 Å². The quantitative estimate of drug-likeness (QED) is 0.799. The van der Waals surface area contributed by atoms with E-state index in [1.807, 2.05) is 0 Å². The van der Waals surface area contributed by atoms with Gasteiger partial charge in [0.15, 0.2) is 11.6 Å². The lowest BCUT2D eigenvalue weighted by Gasteiger charge is -2.00. The zero-order valence-electron chi connectivity index (χ0n) is 8.94. The van der Waals surface area contributed by atoms with Gasteiger partial charge >= 0.3 is 5.97 Å². The number of phenols is 1. The van der Waals surface area contributed by atoms with E-state index in [1.54, 1.807) is 13.0 Å². The standard InChI is InChI=1S/C12H13FO3/c1-2-16-11(14)8-4-6-9-5-3-7-10(13)12(9)15/h3-7,15H,2,8H2,1H3. The average Bonchev–Trinajstić information content (AvgIpc) is 2.25. The molecule has 0 aliphatic heterocycles. The number of hydrogen-bond donors (Lipinski definition) is 1. The summed E-state index contributed by atoms with van der Waals surface area (Å²) in [6, 6.07) is 4.21. The van der Waals surface area contributed by atoms with Crippen molar-refractivity contribution in [3.8, 4) is 5.75 Å². The van der Waals surface area contributed by atoms with Gasteiger partial charge in [-0.25, -0.2) is 4.39 Å². The largest absolute Gasteiger partial charge is 0.504 e. The maximum atomic E-state index is 12.9. The van der Waals surface area contributed by atoms with Crippen LogP contribution in [0.2, 0.25) is 0 Å². The van der Waals surface area contributed by atoms with E-state index in [2.05, 4.69) is 0 Å². The molecule has 0 amide bonds. The fourth-order valence-electron chi connectivity index (χ4n) is 1.17. The molecule has 1 N–H and O–H groups in total. The molecule has 0 atom stereocenters. The van der Waals surface area contributed by atoms with Crippen molar-refractivity contribution in [3.63, 3.8) is 0 Å². The molecule has 0 bridgehead atoms. The van der Waals surface area contributed by atoms with Crippen LogP contribution in [0.25, 0.3) is 6.08 Å². The fourth-order valence-corrected chi connectivity index (χ4v) is 1.17. The van der Waals surface area contributed by atoms with Crippen molar-refractivity contribution in [2.75, 3.05) is 6.61 Å². The number of ether oxygens (including phenoxy) is 1. The van der Waals surface area contributed by atoms with Gasteiger partial charge in [-0.15, -0.1) is 0 Å². The molecule has 0 aliphatic carbocycles. The van der Waals surface area contributed by atoms with Crippen LogP contribution in [0.1, 0.15) is 18.9 Å². The van der Waals surface area contributed by atoms with Crippen LogP contribution in [0.3, 0.4) is 0 Å². The van der Waals surface area contributed by atoms with Crippen LogP contribution < -0.4 is 0 Å². The van der Waals surface area contributed by atoms with Crippen LogP contribution >= 0.6 is 0 Å². The summed E-state index contributed by atoms with van der Waals surface area (Å²) in [7, 11) is 0. The first-order chi connectivity index (χ1) is 7.65. The predicted octanol–water partition coefficient (Wildman–Crippen LogP) is 2.50. The van der Waals surface area contributed by atoms with Gasteiger partial charge in [-0.1, -0.05) is 24.3 Å². The summed E-state index contributed by atoms with van der Waals surface area (Å²) in [6.45, 7) is 2.05. The van der Waals surface area contributed by atoms with Crippen molar-refractivity contribution < 1.29 is 19.0 Å². The first-order valence-electron chi connectivity index (χ1n) is 4.94. The highest BCUT2D eigenvalue weighted by molar-refractivity contribution is 5.73. The van der Waals surface area contributed by atoms with Crippen molar-refractivity contribution in [1.82, 2.24) is 0 Å². The van der Waals surface area contributed by atoms with Gasteiger partial charge in [0.05, 0.1) is 13.0 Å². The van der Waals surface area contributed by atoms with E-state index in [0.29, 0.717) is 12.2 Å². The van der Waals surface area contributed by atoms with Crippen molar-refractivity contribution in [2.24, 2.45) is 0 Å². The topological polar surface area (TPSA) is 46.5 Å². The van der Waals surface area contributed by atoms with E-state index in [0.717, 1.165) is 6.07 Å². The summed E-state index contributed by atoms with van der Waals surface area (Å²) in [4.78, 5) is 11.0. The van der Waals surface area contributed by atoms with E-state index in [9.17, 15) is 14.3 Å². The maximum Gasteiger partial charge on any atom is 0.309 e. The predicted molar refractivity (Wildman–Crippen MR) is 58.3 cm³/mol. The van der Waals surface area contributed by atoms with E-state index >= 15 is 0 Å². The highest BCUT2D eigenvalue weighted by Gasteiger charge is 2.03. The number of esters is 1. The maximum absolute atomic E-state index is 12.9. The van der Waals surface area contributed by atoms with Crippen molar-refractivity contribution >= 4 is 12.0 Å². The van der Waals surface area contributed by atoms with E-state index < -0.39 is 11.6 Å². The molecule has 1 rings (SSSR count). The molecular weight excluding hydrogens is 211 g/mol. The van der Waals surface area contributed by atoms with Gasteiger partial charge in [-0.2, -0.15) is 0 Å². The van der Waals surface area contributed by atoms with E-state index in [1.165, 1.54) is 18.2 Å². The monoisotopic (exact) mass is 224 g/mol. The van der Waals surface area contributed by atoms with Crippen LogP contribution in [0.4, 0.5) is 4.39 Å². The number of halogens is 1. The van der Waals surface area contributed by atoms with Gasteiger partial charge in [-0.3, -0.25) is 4.79 Å². The minimum Gasteiger partial charge on any atom is -0.504 e. The minimum atomic E-state index is -0.682. The molecule has 0 saturated heterocycles. The molecule has 0 radical (unpaired) electrons. The third-order valence-electron chi connectivity index (χ3n) is 1.91. The first-order valence-corrected chi connectivity index (χ1v) is 4.94. The smallest absolute Gasteiger partial charge is 0.309 e. The van der Waals surface area contributed by atoms with Gasteiger partial charge in [0.2, 0.25) is 0 Å². The third-order valence-corrected chi connectivity index (χ3v) is 1.91. The summed E-state index contributed by atoms with van der Waals surface area (Å²) in [5, 5.41) is 9.32. The Labute approximate surface area is 93.2 Å². The summed E-state index contributed by atoms with van der Waals surface area (Å²) >= 11 is 0. The van der Waals surface area contributed by atoms with Gasteiger partial charge < -0.3 is 9.84 Å². The third kappa shape index (κ3) is 3.38. The molecule has 0 heterocycles. The molecule has 1 aromatic carbocycles. The Morgan fingerprint density at radius 3 is 3.00 bits per heavy atom. The second-order valence-electron chi connectivity index (χ2n) is 3.09. The Balaban J connectivity index is 2.63. The zero-order chi connectivity index (χ0) is 12.0. The highest BCUT2D eigenvalue weighted by atomic mass is 19.1. The second kappa shape index (κ2) is 5.90. The Bertz CT molecular complexity index is 399. The van der Waals surface area contributed by atoms with E-state index in [4.69, 9.17) is 4.74 Å². The summed E-state index contributed by atoms with van der Waals surface area (Å²) in [6.07, 6.45) is 3.10. The molecule has 16 heavy (non-hydrogen) atoms. The number of hydrogen-bond acceptors (Lipinski definition) is 3. The molecular formula is C12H13FO3. The van der Waals surface area contributed by atoms with Gasteiger partial charge in [0, 0.05) is 5.56 Å². The highest BCUT2D eigenvalue weighted by Crippen LogP contribution is 2.21. The Kier molecular flexibility index (Phi) is 4.51. The number of carbonyl (C=O) groups is 1. The SMILES string of the molecule is CCOC(=O)CC=Cc1cccc(F)c1O. The average molecular weight is 224 g/mol. The number of para-hydroxylation sites is 1. The number of rotatable bonds is 4. The lowest BCUT2D eigenvalue weighted by molar-refractivity contribution is -0.142. The van der Waals surface area contributed by atoms with Gasteiger partial charge in [0.25, 0.3) is 0 Å². The Morgan fingerprint density at radius 1 is 1.56 bits per heavy atom. The summed E-state index contributed by atoms with van der Waals surface area (Å²) in [5.41, 5.74) is 0.337. The lowest BCUT2D eigenvalue weighted by Crippen LogP contribution is -2.01. The number of carbonyl (C=O) groups excluding carboxylic acids is 1. The zero-order valence-corrected chi connectivity index (χ0v) is 8.94. The van der Waals surface area contributed by atoms with Crippen LogP contribution in [0, 0.1) is 5.82 Å². The minimum absolute atomic E-state index is 0.101. The van der Waals surface area contributed by atoms with Crippen LogP contribution in [0.5, 0.6) is 5.75 Å². The van der Waals surface area contributed by atoms with Crippen molar-refractivity contribution in [3.05, 3.63) is 35.7 Å². The van der Waals surface area contributed by atoms with Crippen molar-refractivity contribution in [2.45, 2.75) is 13.3 Å². The second-order valence-corrected chi connectivity index (χ2v) is 3.09. The molecule has 0 saturated carbocycles. The van der Waals surface area contributed by atoms with Crippen molar-refractivity contribution in [1.29, 1.82) is 0 Å². The fraction of sp³-hybridized carbons (Fsp3) is 0.250. The summed E-state index contributed by atoms with van der Waals surface area (Å²) in [5.74, 6) is -1.45. The van der Waals surface area contributed by atoms with E-state index in [-0.39, 0.29) is 12.4 Å². The molecule has 86 valence electrons. The molecule has 0 aliphatic rings.